The number of hydrogen-bond donors (Lipinski definition) is 1. The number of ether oxygens (including phenoxy) is 2. The van der Waals surface area contributed by atoms with E-state index in [1.54, 1.807) is 18.2 Å². The lowest BCUT2D eigenvalue weighted by Crippen LogP contribution is -2.19. The Bertz CT molecular complexity index is 354. The Morgan fingerprint density at radius 1 is 1.43 bits per heavy atom. The smallest absolute Gasteiger partial charge is 0.249 e. The molecule has 0 fully saturated rings. The molecular formula is C9H10ClNO3. The molecule has 76 valence electrons. The highest BCUT2D eigenvalue weighted by Gasteiger charge is 2.16. The summed E-state index contributed by atoms with van der Waals surface area (Å²) in [6.07, 6.45) is 0. The summed E-state index contributed by atoms with van der Waals surface area (Å²) >= 11 is 0. The molecule has 2 N–H and O–H groups in total. The molecule has 1 aromatic rings. The van der Waals surface area contributed by atoms with Crippen LogP contribution < -0.4 is 10.5 Å². The van der Waals surface area contributed by atoms with Crippen molar-refractivity contribution in [3.05, 3.63) is 29.3 Å². The molecule has 1 heterocycles. The molecule has 4 nitrogen and oxygen atoms in total. The second-order valence-corrected chi connectivity index (χ2v) is 2.76. The highest BCUT2D eigenvalue weighted by molar-refractivity contribution is 5.95. The van der Waals surface area contributed by atoms with Crippen molar-refractivity contribution in [2.45, 2.75) is 6.61 Å². The van der Waals surface area contributed by atoms with Crippen LogP contribution in [0.15, 0.2) is 18.2 Å². The van der Waals surface area contributed by atoms with Gasteiger partial charge in [0.1, 0.15) is 5.75 Å². The summed E-state index contributed by atoms with van der Waals surface area (Å²) in [5.41, 5.74) is 6.39. The zero-order valence-electron chi connectivity index (χ0n) is 7.36. The number of benzene rings is 1. The fraction of sp³-hybridized carbons (Fsp3) is 0.222. The summed E-state index contributed by atoms with van der Waals surface area (Å²) in [4.78, 5) is 11.0. The first-order valence-corrected chi connectivity index (χ1v) is 3.91. The summed E-state index contributed by atoms with van der Waals surface area (Å²) in [7, 11) is 0. The highest BCUT2D eigenvalue weighted by atomic mass is 35.5. The van der Waals surface area contributed by atoms with Crippen molar-refractivity contribution in [2.24, 2.45) is 5.73 Å². The molecule has 0 aromatic heterocycles. The number of primary amides is 1. The average molecular weight is 216 g/mol. The minimum atomic E-state index is -0.453. The molecule has 0 saturated heterocycles. The van der Waals surface area contributed by atoms with E-state index in [1.165, 1.54) is 0 Å². The van der Waals surface area contributed by atoms with Gasteiger partial charge in [0.15, 0.2) is 6.79 Å². The molecule has 2 rings (SSSR count). The predicted octanol–water partition coefficient (Wildman–Crippen LogP) is 1.07. The molecule has 1 aliphatic rings. The van der Waals surface area contributed by atoms with Crippen LogP contribution in [0.2, 0.25) is 0 Å². The van der Waals surface area contributed by atoms with Crippen LogP contribution in [0, 0.1) is 0 Å². The van der Waals surface area contributed by atoms with Crippen molar-refractivity contribution < 1.29 is 14.3 Å². The fourth-order valence-corrected chi connectivity index (χ4v) is 1.33. The van der Waals surface area contributed by atoms with Gasteiger partial charge in [-0.2, -0.15) is 0 Å². The van der Waals surface area contributed by atoms with Crippen molar-refractivity contribution in [3.63, 3.8) is 0 Å². The fourth-order valence-electron chi connectivity index (χ4n) is 1.33. The molecule has 0 saturated carbocycles. The van der Waals surface area contributed by atoms with Gasteiger partial charge in [0, 0.05) is 11.1 Å². The van der Waals surface area contributed by atoms with Crippen molar-refractivity contribution in [1.29, 1.82) is 0 Å². The summed E-state index contributed by atoms with van der Waals surface area (Å²) < 4.78 is 10.2. The van der Waals surface area contributed by atoms with Gasteiger partial charge in [-0.15, -0.1) is 12.4 Å². The lowest BCUT2D eigenvalue weighted by Gasteiger charge is -2.18. The van der Waals surface area contributed by atoms with E-state index < -0.39 is 5.91 Å². The van der Waals surface area contributed by atoms with E-state index in [9.17, 15) is 4.79 Å². The van der Waals surface area contributed by atoms with Crippen molar-refractivity contribution in [1.82, 2.24) is 0 Å². The van der Waals surface area contributed by atoms with Crippen LogP contribution in [0.4, 0.5) is 0 Å². The normalized spacial score (nSPS) is 13.4. The average Bonchev–Trinajstić information content (AvgIpc) is 2.17. The second kappa shape index (κ2) is 4.30. The molecule has 0 bridgehead atoms. The summed E-state index contributed by atoms with van der Waals surface area (Å²) in [5.74, 6) is 0.230. The van der Waals surface area contributed by atoms with E-state index >= 15 is 0 Å². The maximum Gasteiger partial charge on any atom is 0.249 e. The first kappa shape index (κ1) is 10.8. The highest BCUT2D eigenvalue weighted by Crippen LogP contribution is 2.26. The number of carbonyl (C=O) groups is 1. The van der Waals surface area contributed by atoms with Crippen LogP contribution in [0.1, 0.15) is 15.9 Å². The number of nitrogens with two attached hydrogens (primary N) is 1. The summed E-state index contributed by atoms with van der Waals surface area (Å²) in [6.45, 7) is 0.615. The largest absolute Gasteiger partial charge is 0.467 e. The number of fused-ring (bicyclic) bond motifs is 1. The quantitative estimate of drug-likeness (QED) is 0.763. The summed E-state index contributed by atoms with van der Waals surface area (Å²) in [5, 5.41) is 0. The zero-order valence-corrected chi connectivity index (χ0v) is 8.17. The third-order valence-corrected chi connectivity index (χ3v) is 1.94. The number of hydrogen-bond acceptors (Lipinski definition) is 3. The van der Waals surface area contributed by atoms with Crippen LogP contribution in [0.5, 0.6) is 5.75 Å². The molecule has 1 amide bonds. The number of carbonyl (C=O) groups excluding carboxylic acids is 1. The lowest BCUT2D eigenvalue weighted by molar-refractivity contribution is -0.0167. The first-order valence-electron chi connectivity index (χ1n) is 3.91. The predicted molar refractivity (Wildman–Crippen MR) is 52.5 cm³/mol. The Morgan fingerprint density at radius 3 is 2.93 bits per heavy atom. The zero-order chi connectivity index (χ0) is 9.26. The van der Waals surface area contributed by atoms with E-state index in [1.807, 2.05) is 0 Å². The van der Waals surface area contributed by atoms with Gasteiger partial charge in [-0.1, -0.05) is 6.07 Å². The van der Waals surface area contributed by atoms with Crippen LogP contribution >= 0.6 is 12.4 Å². The maximum atomic E-state index is 11.0. The van der Waals surface area contributed by atoms with E-state index in [0.29, 0.717) is 17.9 Å². The first-order chi connectivity index (χ1) is 6.29. The molecule has 0 atom stereocenters. The number of rotatable bonds is 1. The third-order valence-electron chi connectivity index (χ3n) is 1.94. The topological polar surface area (TPSA) is 61.6 Å². The van der Waals surface area contributed by atoms with Gasteiger partial charge in [0.25, 0.3) is 0 Å². The van der Waals surface area contributed by atoms with Gasteiger partial charge in [0.2, 0.25) is 5.91 Å². The maximum absolute atomic E-state index is 11.0. The Balaban J connectivity index is 0.000000980. The minimum Gasteiger partial charge on any atom is -0.467 e. The molecule has 14 heavy (non-hydrogen) atoms. The molecule has 0 unspecified atom stereocenters. The molecule has 5 heteroatoms. The Kier molecular flexibility index (Phi) is 3.33. The van der Waals surface area contributed by atoms with E-state index in [0.717, 1.165) is 5.56 Å². The van der Waals surface area contributed by atoms with Crippen LogP contribution in [0.3, 0.4) is 0 Å². The molecule has 0 radical (unpaired) electrons. The molecule has 0 aliphatic carbocycles. The molecule has 1 aliphatic heterocycles. The standard InChI is InChI=1S/C9H9NO3.ClH/c10-9(11)6-2-1-3-8-7(6)4-12-5-13-8;/h1-3H,4-5H2,(H2,10,11);1H. The number of amides is 1. The van der Waals surface area contributed by atoms with E-state index in [-0.39, 0.29) is 19.2 Å². The minimum absolute atomic E-state index is 0. The Labute approximate surface area is 87.4 Å². The van der Waals surface area contributed by atoms with Crippen molar-refractivity contribution in [2.75, 3.05) is 6.79 Å². The lowest BCUT2D eigenvalue weighted by atomic mass is 10.1. The van der Waals surface area contributed by atoms with Gasteiger partial charge in [-0.3, -0.25) is 4.79 Å². The van der Waals surface area contributed by atoms with Crippen molar-refractivity contribution >= 4 is 18.3 Å². The Morgan fingerprint density at radius 2 is 2.21 bits per heavy atom. The van der Waals surface area contributed by atoms with E-state index in [4.69, 9.17) is 15.2 Å². The molecule has 1 aromatic carbocycles. The summed E-state index contributed by atoms with van der Waals surface area (Å²) in [6, 6.07) is 5.20. The van der Waals surface area contributed by atoms with Crippen LogP contribution in [-0.2, 0) is 11.3 Å². The number of halogens is 1. The van der Waals surface area contributed by atoms with Gasteiger partial charge in [-0.05, 0) is 12.1 Å². The van der Waals surface area contributed by atoms with Gasteiger partial charge >= 0.3 is 0 Å². The monoisotopic (exact) mass is 215 g/mol. The van der Waals surface area contributed by atoms with Crippen molar-refractivity contribution in [3.8, 4) is 5.75 Å². The molecule has 0 spiro atoms. The SMILES string of the molecule is Cl.NC(=O)c1cccc2c1COCO2. The van der Waals surface area contributed by atoms with E-state index in [2.05, 4.69) is 0 Å². The van der Waals surface area contributed by atoms with Crippen LogP contribution in [0.25, 0.3) is 0 Å². The van der Waals surface area contributed by atoms with Gasteiger partial charge in [-0.25, -0.2) is 0 Å². The second-order valence-electron chi connectivity index (χ2n) is 2.76. The third kappa shape index (κ3) is 1.81. The van der Waals surface area contributed by atoms with Crippen LogP contribution in [-0.4, -0.2) is 12.7 Å². The van der Waals surface area contributed by atoms with Gasteiger partial charge in [0.05, 0.1) is 6.61 Å². The van der Waals surface area contributed by atoms with Gasteiger partial charge < -0.3 is 15.2 Å². The molecular weight excluding hydrogens is 206 g/mol. The Hall–Kier alpha value is -1.26.